The largest absolute Gasteiger partial charge is 0.417 e. The first-order valence-corrected chi connectivity index (χ1v) is 5.78. The van der Waals surface area contributed by atoms with Crippen LogP contribution in [-0.2, 0) is 12.7 Å². The zero-order chi connectivity index (χ0) is 14.9. The Morgan fingerprint density at radius 3 is 2.60 bits per heavy atom. The fourth-order valence-electron chi connectivity index (χ4n) is 1.87. The number of carbonyl (C=O) groups is 1. The molecule has 0 spiro atoms. The minimum Gasteiger partial charge on any atom is -0.287 e. The van der Waals surface area contributed by atoms with E-state index in [9.17, 15) is 22.4 Å². The average Bonchev–Trinajstić information content (AvgIpc) is 2.84. The molecule has 0 unspecified atom stereocenters. The second-order valence-electron chi connectivity index (χ2n) is 4.05. The van der Waals surface area contributed by atoms with Crippen molar-refractivity contribution in [1.29, 1.82) is 0 Å². The Morgan fingerprint density at radius 2 is 2.00 bits per heavy atom. The molecule has 0 aliphatic rings. The molecule has 0 saturated heterocycles. The van der Waals surface area contributed by atoms with Gasteiger partial charge in [0.15, 0.2) is 0 Å². The van der Waals surface area contributed by atoms with Crippen molar-refractivity contribution in [1.82, 2.24) is 9.78 Å². The van der Waals surface area contributed by atoms with Crippen LogP contribution in [0, 0.1) is 5.82 Å². The van der Waals surface area contributed by atoms with Gasteiger partial charge in [-0.15, -0.1) is 0 Å². The molecule has 0 fully saturated rings. The maximum absolute atomic E-state index is 13.2. The maximum atomic E-state index is 13.2. The number of nitrogens with zero attached hydrogens (tertiary/aromatic N) is 2. The minimum absolute atomic E-state index is 0.0106. The topological polar surface area (TPSA) is 34.9 Å². The summed E-state index contributed by atoms with van der Waals surface area (Å²) >= 11 is 0. The molecule has 0 saturated carbocycles. The standard InChI is InChI=1S/C13H10F4N2O/c1-2-19-11(5-6-18-19)12(20)9-7-8(14)3-4-10(9)13(15,16)17/h3-7H,2H2,1H3. The molecular weight excluding hydrogens is 276 g/mol. The molecular formula is C13H10F4N2O. The molecule has 3 nitrogen and oxygen atoms in total. The number of halogens is 4. The number of benzene rings is 1. The first-order valence-electron chi connectivity index (χ1n) is 5.78. The van der Waals surface area contributed by atoms with Crippen molar-refractivity contribution in [3.05, 3.63) is 53.1 Å². The fraction of sp³-hybridized carbons (Fsp3) is 0.231. The Balaban J connectivity index is 2.57. The summed E-state index contributed by atoms with van der Waals surface area (Å²) in [6, 6.07) is 3.14. The molecule has 1 heterocycles. The van der Waals surface area contributed by atoms with Crippen molar-refractivity contribution in [2.75, 3.05) is 0 Å². The highest BCUT2D eigenvalue weighted by Gasteiger charge is 2.36. The molecule has 0 aliphatic carbocycles. The van der Waals surface area contributed by atoms with Crippen LogP contribution in [0.4, 0.5) is 17.6 Å². The van der Waals surface area contributed by atoms with Crippen LogP contribution in [0.1, 0.15) is 28.5 Å². The van der Waals surface area contributed by atoms with Crippen LogP contribution >= 0.6 is 0 Å². The molecule has 1 aromatic carbocycles. The number of ketones is 1. The van der Waals surface area contributed by atoms with E-state index < -0.39 is 28.9 Å². The highest BCUT2D eigenvalue weighted by molar-refractivity contribution is 6.09. The molecule has 7 heteroatoms. The van der Waals surface area contributed by atoms with Gasteiger partial charge in [0.05, 0.1) is 5.56 Å². The molecule has 20 heavy (non-hydrogen) atoms. The Kier molecular flexibility index (Phi) is 3.61. The van der Waals surface area contributed by atoms with Crippen molar-refractivity contribution in [2.45, 2.75) is 19.6 Å². The number of rotatable bonds is 3. The summed E-state index contributed by atoms with van der Waals surface area (Å²) in [4.78, 5) is 12.2. The fourth-order valence-corrected chi connectivity index (χ4v) is 1.87. The van der Waals surface area contributed by atoms with Crippen LogP contribution in [0.25, 0.3) is 0 Å². The van der Waals surface area contributed by atoms with Crippen LogP contribution in [0.15, 0.2) is 30.5 Å². The summed E-state index contributed by atoms with van der Waals surface area (Å²) in [7, 11) is 0. The lowest BCUT2D eigenvalue weighted by atomic mass is 10.0. The lowest BCUT2D eigenvalue weighted by molar-refractivity contribution is -0.137. The third-order valence-corrected chi connectivity index (χ3v) is 2.78. The lowest BCUT2D eigenvalue weighted by Crippen LogP contribution is -2.17. The number of hydrogen-bond acceptors (Lipinski definition) is 2. The second kappa shape index (κ2) is 5.07. The summed E-state index contributed by atoms with van der Waals surface area (Å²) in [6.07, 6.45) is -3.42. The summed E-state index contributed by atoms with van der Waals surface area (Å²) < 4.78 is 53.0. The van der Waals surface area contributed by atoms with Crippen LogP contribution < -0.4 is 0 Å². The summed E-state index contributed by atoms with van der Waals surface area (Å²) in [6.45, 7) is 2.02. The first kappa shape index (κ1) is 14.2. The molecule has 0 bridgehead atoms. The van der Waals surface area contributed by atoms with E-state index in [0.717, 1.165) is 0 Å². The third kappa shape index (κ3) is 2.56. The van der Waals surface area contributed by atoms with E-state index in [4.69, 9.17) is 0 Å². The predicted molar refractivity (Wildman–Crippen MR) is 62.7 cm³/mol. The summed E-state index contributed by atoms with van der Waals surface area (Å²) in [5, 5.41) is 3.82. The van der Waals surface area contributed by atoms with Crippen molar-refractivity contribution < 1.29 is 22.4 Å². The quantitative estimate of drug-likeness (QED) is 0.641. The Labute approximate surface area is 111 Å². The lowest BCUT2D eigenvalue weighted by Gasteiger charge is -2.12. The third-order valence-electron chi connectivity index (χ3n) is 2.78. The number of hydrogen-bond donors (Lipinski definition) is 0. The Bertz CT molecular complexity index is 646. The molecule has 2 rings (SSSR count). The van der Waals surface area contributed by atoms with Gasteiger partial charge in [-0.1, -0.05) is 0 Å². The predicted octanol–water partition coefficient (Wildman–Crippen LogP) is 3.29. The average molecular weight is 286 g/mol. The van der Waals surface area contributed by atoms with E-state index in [1.807, 2.05) is 0 Å². The van der Waals surface area contributed by atoms with E-state index in [1.165, 1.54) is 16.9 Å². The molecule has 0 aliphatic heterocycles. The normalized spacial score (nSPS) is 11.7. The van der Waals surface area contributed by atoms with Gasteiger partial charge >= 0.3 is 6.18 Å². The Hall–Kier alpha value is -2.18. The van der Waals surface area contributed by atoms with Gasteiger partial charge in [0, 0.05) is 18.3 Å². The van der Waals surface area contributed by atoms with Crippen LogP contribution in [0.3, 0.4) is 0 Å². The van der Waals surface area contributed by atoms with Crippen LogP contribution in [0.2, 0.25) is 0 Å². The van der Waals surface area contributed by atoms with Gasteiger partial charge in [0.25, 0.3) is 0 Å². The van der Waals surface area contributed by atoms with Gasteiger partial charge in [0.2, 0.25) is 5.78 Å². The van der Waals surface area contributed by atoms with Crippen molar-refractivity contribution in [2.24, 2.45) is 0 Å². The van der Waals surface area contributed by atoms with E-state index in [2.05, 4.69) is 5.10 Å². The molecule has 0 amide bonds. The van der Waals surface area contributed by atoms with Crippen LogP contribution in [-0.4, -0.2) is 15.6 Å². The molecule has 0 N–H and O–H groups in total. The maximum Gasteiger partial charge on any atom is 0.417 e. The van der Waals surface area contributed by atoms with Crippen molar-refractivity contribution in [3.63, 3.8) is 0 Å². The molecule has 2 aromatic rings. The highest BCUT2D eigenvalue weighted by Crippen LogP contribution is 2.33. The molecule has 0 atom stereocenters. The summed E-state index contributed by atoms with van der Waals surface area (Å²) in [5.41, 5.74) is -1.89. The van der Waals surface area contributed by atoms with Crippen molar-refractivity contribution >= 4 is 5.78 Å². The molecule has 0 radical (unpaired) electrons. The van der Waals surface area contributed by atoms with E-state index in [0.29, 0.717) is 24.7 Å². The van der Waals surface area contributed by atoms with Gasteiger partial charge < -0.3 is 0 Å². The molecule has 1 aromatic heterocycles. The number of carbonyl (C=O) groups excluding carboxylic acids is 1. The number of aromatic nitrogens is 2. The van der Waals surface area contributed by atoms with Gasteiger partial charge in [-0.2, -0.15) is 18.3 Å². The van der Waals surface area contributed by atoms with E-state index in [1.54, 1.807) is 6.92 Å². The SMILES string of the molecule is CCn1nccc1C(=O)c1cc(F)ccc1C(F)(F)F. The highest BCUT2D eigenvalue weighted by atomic mass is 19.4. The number of alkyl halides is 3. The Morgan fingerprint density at radius 1 is 1.30 bits per heavy atom. The van der Waals surface area contributed by atoms with Gasteiger partial charge in [0.1, 0.15) is 11.5 Å². The number of aryl methyl sites for hydroxylation is 1. The van der Waals surface area contributed by atoms with Crippen LogP contribution in [0.5, 0.6) is 0 Å². The monoisotopic (exact) mass is 286 g/mol. The zero-order valence-electron chi connectivity index (χ0n) is 10.4. The minimum atomic E-state index is -4.73. The molecule has 106 valence electrons. The zero-order valence-corrected chi connectivity index (χ0v) is 10.4. The second-order valence-corrected chi connectivity index (χ2v) is 4.05. The van der Waals surface area contributed by atoms with Gasteiger partial charge in [-0.05, 0) is 31.2 Å². The summed E-state index contributed by atoms with van der Waals surface area (Å²) in [5.74, 6) is -1.81. The van der Waals surface area contributed by atoms with Gasteiger partial charge in [-0.3, -0.25) is 9.48 Å². The first-order chi connectivity index (χ1) is 9.34. The van der Waals surface area contributed by atoms with Crippen molar-refractivity contribution in [3.8, 4) is 0 Å². The van der Waals surface area contributed by atoms with E-state index in [-0.39, 0.29) is 5.69 Å². The van der Waals surface area contributed by atoms with Gasteiger partial charge in [-0.25, -0.2) is 4.39 Å². The van der Waals surface area contributed by atoms with E-state index >= 15 is 0 Å². The smallest absolute Gasteiger partial charge is 0.287 e.